The van der Waals surface area contributed by atoms with E-state index in [1.54, 1.807) is 0 Å². The molecule has 0 spiro atoms. The van der Waals surface area contributed by atoms with E-state index in [2.05, 4.69) is 38.0 Å². The van der Waals surface area contributed by atoms with Crippen LogP contribution in [0, 0.1) is 5.92 Å². The van der Waals surface area contributed by atoms with Crippen LogP contribution in [0.4, 0.5) is 0 Å². The molecular formula is C13H28N2O. The molecule has 1 heterocycles. The third-order valence-corrected chi connectivity index (χ3v) is 3.71. The van der Waals surface area contributed by atoms with Gasteiger partial charge in [0.25, 0.3) is 0 Å². The summed E-state index contributed by atoms with van der Waals surface area (Å²) in [6, 6.07) is 0.490. The lowest BCUT2D eigenvalue weighted by molar-refractivity contribution is -0.0540. The Morgan fingerprint density at radius 3 is 2.75 bits per heavy atom. The minimum Gasteiger partial charge on any atom is -0.374 e. The molecule has 16 heavy (non-hydrogen) atoms. The Bertz CT molecular complexity index is 185. The molecule has 0 aliphatic carbocycles. The van der Waals surface area contributed by atoms with Crippen LogP contribution in [0.25, 0.3) is 0 Å². The highest BCUT2D eigenvalue weighted by Crippen LogP contribution is 2.17. The summed E-state index contributed by atoms with van der Waals surface area (Å²) in [5.74, 6) is 0.677. The van der Waals surface area contributed by atoms with E-state index in [1.165, 1.54) is 19.4 Å². The Morgan fingerprint density at radius 1 is 1.44 bits per heavy atom. The lowest BCUT2D eigenvalue weighted by Crippen LogP contribution is -2.53. The summed E-state index contributed by atoms with van der Waals surface area (Å²) in [4.78, 5) is 2.53. The third kappa shape index (κ3) is 3.72. The van der Waals surface area contributed by atoms with Gasteiger partial charge >= 0.3 is 0 Å². The molecule has 3 unspecified atom stereocenters. The number of nitrogens with zero attached hydrogens (tertiary/aromatic N) is 1. The number of likely N-dealkylation sites (N-methyl/N-ethyl adjacent to an activating group) is 1. The topological polar surface area (TPSA) is 24.5 Å². The Hall–Kier alpha value is -0.120. The zero-order valence-corrected chi connectivity index (χ0v) is 11.3. The molecule has 1 rings (SSSR count). The molecule has 0 radical (unpaired) electrons. The quantitative estimate of drug-likeness (QED) is 0.749. The molecule has 3 nitrogen and oxygen atoms in total. The molecule has 1 saturated heterocycles. The molecule has 1 fully saturated rings. The molecule has 96 valence electrons. The molecule has 0 aromatic rings. The molecule has 3 atom stereocenters. The molecule has 1 aliphatic rings. The first-order valence-corrected chi connectivity index (χ1v) is 6.74. The number of rotatable bonds is 6. The van der Waals surface area contributed by atoms with E-state index in [-0.39, 0.29) is 0 Å². The average Bonchev–Trinajstić information content (AvgIpc) is 2.31. The van der Waals surface area contributed by atoms with Crippen molar-refractivity contribution in [3.8, 4) is 0 Å². The molecule has 0 amide bonds. The summed E-state index contributed by atoms with van der Waals surface area (Å²) in [5, 5.41) is 3.43. The van der Waals surface area contributed by atoms with E-state index in [4.69, 9.17) is 4.74 Å². The van der Waals surface area contributed by atoms with E-state index >= 15 is 0 Å². The highest BCUT2D eigenvalue weighted by molar-refractivity contribution is 4.85. The van der Waals surface area contributed by atoms with Crippen molar-refractivity contribution in [3.63, 3.8) is 0 Å². The number of morpholine rings is 1. The predicted molar refractivity (Wildman–Crippen MR) is 68.8 cm³/mol. The zero-order chi connectivity index (χ0) is 12.0. The second-order valence-electron chi connectivity index (χ2n) is 4.91. The van der Waals surface area contributed by atoms with E-state index in [9.17, 15) is 0 Å². The fourth-order valence-electron chi connectivity index (χ4n) is 2.56. The summed E-state index contributed by atoms with van der Waals surface area (Å²) < 4.78 is 5.93. The van der Waals surface area contributed by atoms with Crippen molar-refractivity contribution in [2.24, 2.45) is 5.92 Å². The zero-order valence-electron chi connectivity index (χ0n) is 11.3. The largest absolute Gasteiger partial charge is 0.374 e. The van der Waals surface area contributed by atoms with Crippen LogP contribution in [-0.2, 0) is 4.74 Å². The van der Waals surface area contributed by atoms with Gasteiger partial charge < -0.3 is 10.1 Å². The highest BCUT2D eigenvalue weighted by atomic mass is 16.5. The molecule has 0 aromatic carbocycles. The molecule has 3 heteroatoms. The van der Waals surface area contributed by atoms with Crippen LogP contribution < -0.4 is 5.32 Å². The molecule has 1 aliphatic heterocycles. The van der Waals surface area contributed by atoms with Crippen LogP contribution in [0.3, 0.4) is 0 Å². The fraction of sp³-hybridized carbons (Fsp3) is 1.00. The summed E-state index contributed by atoms with van der Waals surface area (Å²) >= 11 is 0. The van der Waals surface area contributed by atoms with Gasteiger partial charge in [-0.1, -0.05) is 27.2 Å². The van der Waals surface area contributed by atoms with Crippen LogP contribution in [0.2, 0.25) is 0 Å². The minimum atomic E-state index is 0.361. The Morgan fingerprint density at radius 2 is 2.19 bits per heavy atom. The third-order valence-electron chi connectivity index (χ3n) is 3.71. The van der Waals surface area contributed by atoms with Gasteiger partial charge in [0.2, 0.25) is 0 Å². The number of ether oxygens (including phenoxy) is 1. The molecule has 1 N–H and O–H groups in total. The Balaban J connectivity index is 2.49. The van der Waals surface area contributed by atoms with Crippen LogP contribution in [0.1, 0.15) is 33.6 Å². The van der Waals surface area contributed by atoms with E-state index in [0.29, 0.717) is 18.1 Å². The number of hydrogen-bond acceptors (Lipinski definition) is 3. The van der Waals surface area contributed by atoms with Gasteiger partial charge in [0.1, 0.15) is 0 Å². The van der Waals surface area contributed by atoms with E-state index < -0.39 is 0 Å². The molecule has 0 bridgehead atoms. The van der Waals surface area contributed by atoms with Crippen LogP contribution in [0.5, 0.6) is 0 Å². The first-order chi connectivity index (χ1) is 7.72. The van der Waals surface area contributed by atoms with Crippen molar-refractivity contribution in [1.82, 2.24) is 10.2 Å². The SMILES string of the molecule is CCCN1CCOC(C(NC)C(C)CC)C1. The van der Waals surface area contributed by atoms with Gasteiger partial charge in [-0.15, -0.1) is 0 Å². The van der Waals surface area contributed by atoms with Crippen LogP contribution in [-0.4, -0.2) is 50.3 Å². The lowest BCUT2D eigenvalue weighted by Gasteiger charge is -2.39. The molecule has 0 saturated carbocycles. The maximum Gasteiger partial charge on any atom is 0.0857 e. The van der Waals surface area contributed by atoms with Crippen molar-refractivity contribution in [1.29, 1.82) is 0 Å². The van der Waals surface area contributed by atoms with Crippen molar-refractivity contribution in [2.75, 3.05) is 33.3 Å². The second kappa shape index (κ2) is 7.25. The summed E-state index contributed by atoms with van der Waals surface area (Å²) in [6.07, 6.45) is 2.81. The van der Waals surface area contributed by atoms with Crippen LogP contribution in [0.15, 0.2) is 0 Å². The number of nitrogens with one attached hydrogen (secondary N) is 1. The fourth-order valence-corrected chi connectivity index (χ4v) is 2.56. The Kier molecular flexibility index (Phi) is 6.32. The van der Waals surface area contributed by atoms with Crippen molar-refractivity contribution >= 4 is 0 Å². The van der Waals surface area contributed by atoms with E-state index in [0.717, 1.165) is 19.7 Å². The van der Waals surface area contributed by atoms with Gasteiger partial charge in [-0.3, -0.25) is 4.90 Å². The Labute approximate surface area is 101 Å². The number of hydrogen-bond donors (Lipinski definition) is 1. The molecular weight excluding hydrogens is 200 g/mol. The van der Waals surface area contributed by atoms with Gasteiger partial charge in [-0.05, 0) is 25.9 Å². The van der Waals surface area contributed by atoms with Crippen molar-refractivity contribution in [2.45, 2.75) is 45.8 Å². The lowest BCUT2D eigenvalue weighted by atomic mass is 9.93. The maximum absolute atomic E-state index is 5.93. The van der Waals surface area contributed by atoms with Gasteiger partial charge in [0.15, 0.2) is 0 Å². The summed E-state index contributed by atoms with van der Waals surface area (Å²) in [5.41, 5.74) is 0. The first kappa shape index (κ1) is 13.9. The highest BCUT2D eigenvalue weighted by Gasteiger charge is 2.29. The summed E-state index contributed by atoms with van der Waals surface area (Å²) in [7, 11) is 2.05. The summed E-state index contributed by atoms with van der Waals surface area (Å²) in [6.45, 7) is 11.1. The van der Waals surface area contributed by atoms with Gasteiger partial charge in [-0.2, -0.15) is 0 Å². The van der Waals surface area contributed by atoms with Gasteiger partial charge in [0, 0.05) is 19.1 Å². The standard InChI is InChI=1S/C13H28N2O/c1-5-7-15-8-9-16-12(10-15)13(14-4)11(3)6-2/h11-14H,5-10H2,1-4H3. The second-order valence-corrected chi connectivity index (χ2v) is 4.91. The van der Waals surface area contributed by atoms with E-state index in [1.807, 2.05) is 0 Å². The van der Waals surface area contributed by atoms with Crippen molar-refractivity contribution < 1.29 is 4.74 Å². The molecule has 0 aromatic heterocycles. The van der Waals surface area contributed by atoms with Gasteiger partial charge in [0.05, 0.1) is 12.7 Å². The minimum absolute atomic E-state index is 0.361. The van der Waals surface area contributed by atoms with Crippen molar-refractivity contribution in [3.05, 3.63) is 0 Å². The monoisotopic (exact) mass is 228 g/mol. The van der Waals surface area contributed by atoms with Gasteiger partial charge in [-0.25, -0.2) is 0 Å². The smallest absolute Gasteiger partial charge is 0.0857 e. The average molecular weight is 228 g/mol. The normalized spacial score (nSPS) is 26.6. The first-order valence-electron chi connectivity index (χ1n) is 6.74. The van der Waals surface area contributed by atoms with Crippen LogP contribution >= 0.6 is 0 Å². The predicted octanol–water partition coefficient (Wildman–Crippen LogP) is 1.73. The maximum atomic E-state index is 5.93.